The number of hydrogen-bond donors (Lipinski definition) is 1. The van der Waals surface area contributed by atoms with Crippen LogP contribution >= 0.6 is 0 Å². The van der Waals surface area contributed by atoms with E-state index >= 15 is 0 Å². The highest BCUT2D eigenvalue weighted by Gasteiger charge is 2.38. The van der Waals surface area contributed by atoms with Crippen molar-refractivity contribution in [2.75, 3.05) is 0 Å². The first kappa shape index (κ1) is 20.5. The smallest absolute Gasteiger partial charge is 0.310 e. The quantitative estimate of drug-likeness (QED) is 0.636. The second kappa shape index (κ2) is 7.82. The van der Waals surface area contributed by atoms with E-state index in [9.17, 15) is 15.0 Å². The lowest BCUT2D eigenvalue weighted by atomic mass is 9.71. The number of hydrogen-bond acceptors (Lipinski definition) is 4. The first-order valence-corrected chi connectivity index (χ1v) is 8.84. The highest BCUT2D eigenvalue weighted by atomic mass is 16.6. The molecule has 2 aromatic rings. The number of benzene rings is 2. The Labute approximate surface area is 160 Å². The third-order valence-electron chi connectivity index (χ3n) is 4.25. The van der Waals surface area contributed by atoms with Gasteiger partial charge in [-0.25, -0.2) is 4.99 Å². The molecule has 0 aliphatic heterocycles. The summed E-state index contributed by atoms with van der Waals surface area (Å²) < 4.78 is 5.19. The van der Waals surface area contributed by atoms with Gasteiger partial charge in [0.25, 0.3) is 0 Å². The van der Waals surface area contributed by atoms with Gasteiger partial charge in [0.05, 0.1) is 11.1 Å². The largest absolute Gasteiger partial charge is 0.594 e. The van der Waals surface area contributed by atoms with Gasteiger partial charge in [-0.05, 0) is 37.1 Å². The maximum atomic E-state index is 11.9. The monoisotopic (exact) mass is 368 g/mol. The molecule has 1 N–H and O–H groups in total. The van der Waals surface area contributed by atoms with Gasteiger partial charge in [-0.3, -0.25) is 4.79 Å². The highest BCUT2D eigenvalue weighted by molar-refractivity contribution is 5.76. The summed E-state index contributed by atoms with van der Waals surface area (Å²) in [6.07, 6.45) is -0.652. The Kier molecular flexibility index (Phi) is 5.94. The summed E-state index contributed by atoms with van der Waals surface area (Å²) in [6, 6.07) is 16.6. The van der Waals surface area contributed by atoms with Gasteiger partial charge in [0.1, 0.15) is 0 Å². The number of aliphatic imine (C=N–C) groups is 1. The van der Waals surface area contributed by atoms with E-state index in [1.807, 2.05) is 42.5 Å². The zero-order valence-electron chi connectivity index (χ0n) is 16.4. The number of aliphatic carboxylic acids is 1. The van der Waals surface area contributed by atoms with Gasteiger partial charge in [0.2, 0.25) is 0 Å². The molecular weight excluding hydrogens is 342 g/mol. The van der Waals surface area contributed by atoms with E-state index in [2.05, 4.69) is 4.99 Å². The molecule has 0 spiro atoms. The van der Waals surface area contributed by atoms with Crippen LogP contribution < -0.4 is 5.11 Å². The molecule has 0 fully saturated rings. The summed E-state index contributed by atoms with van der Waals surface area (Å²) in [4.78, 5) is 15.8. The van der Waals surface area contributed by atoms with Gasteiger partial charge < -0.3 is 14.9 Å². The molecule has 0 aliphatic rings. The SMILES string of the molecule is CC(C)(C)OC([O-])=Nc1ccc(C(c2ccccc2)C(C)(C)C(=O)O)cc1. The van der Waals surface area contributed by atoms with Crippen molar-refractivity contribution in [2.45, 2.75) is 46.1 Å². The molecule has 0 heterocycles. The molecule has 144 valence electrons. The number of rotatable bonds is 5. The van der Waals surface area contributed by atoms with Crippen LogP contribution in [0.1, 0.15) is 51.7 Å². The molecule has 0 aliphatic carbocycles. The average Bonchev–Trinajstić information content (AvgIpc) is 2.55. The van der Waals surface area contributed by atoms with Crippen LogP contribution in [0.3, 0.4) is 0 Å². The zero-order valence-corrected chi connectivity index (χ0v) is 16.4. The van der Waals surface area contributed by atoms with Crippen LogP contribution in [0.2, 0.25) is 0 Å². The summed E-state index contributed by atoms with van der Waals surface area (Å²) >= 11 is 0. The van der Waals surface area contributed by atoms with Crippen molar-refractivity contribution in [2.24, 2.45) is 10.4 Å². The topological polar surface area (TPSA) is 82.0 Å². The van der Waals surface area contributed by atoms with E-state index < -0.39 is 23.1 Å². The number of carboxylic acids is 1. The summed E-state index contributed by atoms with van der Waals surface area (Å²) in [5, 5.41) is 21.6. The molecule has 0 amide bonds. The van der Waals surface area contributed by atoms with Crippen LogP contribution in [0.15, 0.2) is 59.6 Å². The van der Waals surface area contributed by atoms with Crippen LogP contribution in [0, 0.1) is 5.41 Å². The molecule has 5 nitrogen and oxygen atoms in total. The highest BCUT2D eigenvalue weighted by Crippen LogP contribution is 2.41. The maximum Gasteiger partial charge on any atom is 0.310 e. The van der Waals surface area contributed by atoms with Crippen LogP contribution in [0.4, 0.5) is 5.69 Å². The Morgan fingerprint density at radius 3 is 1.96 bits per heavy atom. The van der Waals surface area contributed by atoms with Gasteiger partial charge in [0, 0.05) is 11.5 Å². The minimum Gasteiger partial charge on any atom is -0.594 e. The predicted octanol–water partition coefficient (Wildman–Crippen LogP) is 4.09. The van der Waals surface area contributed by atoms with Crippen LogP contribution in [-0.4, -0.2) is 22.8 Å². The van der Waals surface area contributed by atoms with Gasteiger partial charge >= 0.3 is 5.97 Å². The lowest BCUT2D eigenvalue weighted by Gasteiger charge is -2.31. The summed E-state index contributed by atoms with van der Waals surface area (Å²) in [5.74, 6) is -1.22. The third kappa shape index (κ3) is 5.33. The van der Waals surface area contributed by atoms with Gasteiger partial charge in [-0.15, -0.1) is 0 Å². The second-order valence-corrected chi connectivity index (χ2v) is 8.05. The van der Waals surface area contributed by atoms with E-state index in [-0.39, 0.29) is 5.92 Å². The Morgan fingerprint density at radius 1 is 0.963 bits per heavy atom. The summed E-state index contributed by atoms with van der Waals surface area (Å²) in [6.45, 7) is 8.77. The number of nitrogens with zero attached hydrogens (tertiary/aromatic N) is 1. The Balaban J connectivity index is 2.38. The fourth-order valence-electron chi connectivity index (χ4n) is 2.93. The van der Waals surface area contributed by atoms with E-state index in [0.717, 1.165) is 11.1 Å². The van der Waals surface area contributed by atoms with Crippen molar-refractivity contribution in [3.63, 3.8) is 0 Å². The van der Waals surface area contributed by atoms with Crippen molar-refractivity contribution < 1.29 is 19.7 Å². The van der Waals surface area contributed by atoms with Crippen LogP contribution in [0.25, 0.3) is 0 Å². The zero-order chi connectivity index (χ0) is 20.2. The summed E-state index contributed by atoms with van der Waals surface area (Å²) in [5.41, 5.74) is 0.613. The third-order valence-corrected chi connectivity index (χ3v) is 4.25. The number of carboxylic acid groups (broad SMARTS) is 1. The van der Waals surface area contributed by atoms with Crippen LogP contribution in [-0.2, 0) is 9.53 Å². The van der Waals surface area contributed by atoms with Crippen molar-refractivity contribution in [3.8, 4) is 0 Å². The molecule has 5 heteroatoms. The molecule has 1 unspecified atom stereocenters. The molecule has 27 heavy (non-hydrogen) atoms. The maximum absolute atomic E-state index is 11.9. The van der Waals surface area contributed by atoms with E-state index in [0.29, 0.717) is 5.69 Å². The van der Waals surface area contributed by atoms with Gasteiger partial charge in [-0.2, -0.15) is 0 Å². The molecule has 0 radical (unpaired) electrons. The Hall–Kier alpha value is -2.82. The molecule has 1 atom stereocenters. The normalized spacial score (nSPS) is 13.9. The van der Waals surface area contributed by atoms with Crippen LogP contribution in [0.5, 0.6) is 0 Å². The first-order chi connectivity index (χ1) is 12.5. The Morgan fingerprint density at radius 2 is 1.48 bits per heavy atom. The predicted molar refractivity (Wildman–Crippen MR) is 104 cm³/mol. The van der Waals surface area contributed by atoms with Crippen molar-refractivity contribution in [1.82, 2.24) is 0 Å². The van der Waals surface area contributed by atoms with E-state index in [4.69, 9.17) is 4.74 Å². The van der Waals surface area contributed by atoms with Crippen molar-refractivity contribution >= 4 is 17.7 Å². The molecule has 2 aromatic carbocycles. The van der Waals surface area contributed by atoms with E-state index in [1.54, 1.807) is 46.8 Å². The Bertz CT molecular complexity index is 802. The first-order valence-electron chi connectivity index (χ1n) is 8.84. The minimum atomic E-state index is -1.01. The second-order valence-electron chi connectivity index (χ2n) is 8.05. The van der Waals surface area contributed by atoms with E-state index in [1.165, 1.54) is 0 Å². The average molecular weight is 368 g/mol. The molecule has 0 saturated carbocycles. The molecule has 0 bridgehead atoms. The number of ether oxygens (including phenoxy) is 1. The van der Waals surface area contributed by atoms with Gasteiger partial charge in [0.15, 0.2) is 6.08 Å². The fourth-order valence-corrected chi connectivity index (χ4v) is 2.93. The molecule has 0 saturated heterocycles. The van der Waals surface area contributed by atoms with Crippen molar-refractivity contribution in [1.29, 1.82) is 0 Å². The minimum absolute atomic E-state index is 0.341. The fraction of sp³-hybridized carbons (Fsp3) is 0.364. The standard InChI is InChI=1S/C22H27NO4/c1-21(2,3)27-20(26)23-17-13-11-16(12-14-17)18(22(4,5)19(24)25)15-9-7-6-8-10-15/h6-14,18H,1-5H3,(H,23,26)(H,24,25)/p-1. The lowest BCUT2D eigenvalue weighted by Crippen LogP contribution is -2.32. The lowest BCUT2D eigenvalue weighted by molar-refractivity contribution is -0.259. The molecular formula is C22H26NO4-. The number of carbonyl (C=O) groups is 1. The summed E-state index contributed by atoms with van der Waals surface area (Å²) in [7, 11) is 0. The van der Waals surface area contributed by atoms with Gasteiger partial charge in [-0.1, -0.05) is 63.2 Å². The van der Waals surface area contributed by atoms with Crippen molar-refractivity contribution in [3.05, 3.63) is 65.7 Å². The molecule has 2 rings (SSSR count). The molecule has 0 aromatic heterocycles.